The normalized spacial score (nSPS) is 13.7. The van der Waals surface area contributed by atoms with Crippen molar-refractivity contribution < 1.29 is 13.6 Å². The van der Waals surface area contributed by atoms with Gasteiger partial charge in [0.15, 0.2) is 0 Å². The van der Waals surface area contributed by atoms with E-state index in [0.717, 1.165) is 25.7 Å². The van der Waals surface area contributed by atoms with Crippen LogP contribution in [0.5, 0.6) is 0 Å². The van der Waals surface area contributed by atoms with Crippen LogP contribution >= 0.6 is 7.60 Å². The van der Waals surface area contributed by atoms with Crippen LogP contribution in [0, 0.1) is 0 Å². The minimum atomic E-state index is -2.87. The Morgan fingerprint density at radius 2 is 0.815 bits per heavy atom. The van der Waals surface area contributed by atoms with Crippen molar-refractivity contribution in [3.8, 4) is 0 Å². The van der Waals surface area contributed by atoms with Crippen molar-refractivity contribution in [2.45, 2.75) is 130 Å². The van der Waals surface area contributed by atoms with E-state index in [1.165, 1.54) is 83.5 Å². The van der Waals surface area contributed by atoms with E-state index in [1.807, 2.05) is 0 Å². The zero-order valence-electron chi connectivity index (χ0n) is 18.8. The van der Waals surface area contributed by atoms with Crippen molar-refractivity contribution in [3.63, 3.8) is 0 Å². The summed E-state index contributed by atoms with van der Waals surface area (Å²) in [5, 5.41) is 0. The predicted molar refractivity (Wildman–Crippen MR) is 120 cm³/mol. The first-order valence-corrected chi connectivity index (χ1v) is 13.8. The van der Waals surface area contributed by atoms with Gasteiger partial charge in [-0.1, -0.05) is 111 Å². The molecule has 0 aliphatic carbocycles. The van der Waals surface area contributed by atoms with Gasteiger partial charge in [0, 0.05) is 0 Å². The summed E-state index contributed by atoms with van der Waals surface area (Å²) in [7, 11) is -2.87. The van der Waals surface area contributed by atoms with Crippen LogP contribution < -0.4 is 0 Å². The van der Waals surface area contributed by atoms with E-state index < -0.39 is 7.60 Å². The zero-order valence-corrected chi connectivity index (χ0v) is 19.7. The lowest BCUT2D eigenvalue weighted by molar-refractivity contribution is 0.197. The van der Waals surface area contributed by atoms with Crippen LogP contribution in [0.1, 0.15) is 130 Å². The molecule has 1 unspecified atom stereocenters. The van der Waals surface area contributed by atoms with E-state index in [4.69, 9.17) is 9.05 Å². The highest BCUT2D eigenvalue weighted by Gasteiger charge is 2.23. The lowest BCUT2D eigenvalue weighted by Crippen LogP contribution is -2.03. The summed E-state index contributed by atoms with van der Waals surface area (Å²) in [6, 6.07) is 0. The van der Waals surface area contributed by atoms with E-state index in [0.29, 0.717) is 19.4 Å². The maximum absolute atomic E-state index is 12.9. The van der Waals surface area contributed by atoms with Crippen molar-refractivity contribution >= 4 is 7.60 Å². The fourth-order valence-corrected chi connectivity index (χ4v) is 5.07. The van der Waals surface area contributed by atoms with Crippen molar-refractivity contribution in [2.24, 2.45) is 0 Å². The Hall–Kier alpha value is 0.150. The molecule has 4 heteroatoms. The van der Waals surface area contributed by atoms with Gasteiger partial charge < -0.3 is 9.05 Å². The van der Waals surface area contributed by atoms with Crippen molar-refractivity contribution in [3.05, 3.63) is 0 Å². The number of rotatable bonds is 22. The van der Waals surface area contributed by atoms with Crippen LogP contribution in [0.15, 0.2) is 0 Å². The minimum absolute atomic E-state index is 0.580. The molecule has 164 valence electrons. The summed E-state index contributed by atoms with van der Waals surface area (Å²) in [6.07, 6.45) is 21.4. The highest BCUT2D eigenvalue weighted by atomic mass is 31.2. The lowest BCUT2D eigenvalue weighted by atomic mass is 10.1. The molecule has 0 fully saturated rings. The molecule has 3 nitrogen and oxygen atoms in total. The molecular weight excluding hydrogens is 355 g/mol. The molecule has 1 atom stereocenters. The van der Waals surface area contributed by atoms with E-state index in [9.17, 15) is 4.57 Å². The van der Waals surface area contributed by atoms with Crippen LogP contribution in [0.4, 0.5) is 0 Å². The highest BCUT2D eigenvalue weighted by molar-refractivity contribution is 7.53. The van der Waals surface area contributed by atoms with Gasteiger partial charge in [-0.2, -0.15) is 0 Å². The summed E-state index contributed by atoms with van der Waals surface area (Å²) < 4.78 is 24.4. The lowest BCUT2D eigenvalue weighted by Gasteiger charge is -2.18. The van der Waals surface area contributed by atoms with Crippen molar-refractivity contribution in [1.29, 1.82) is 0 Å². The molecule has 0 bridgehead atoms. The predicted octanol–water partition coefficient (Wildman–Crippen LogP) is 8.90. The maximum Gasteiger partial charge on any atom is 0.330 e. The topological polar surface area (TPSA) is 35.5 Å². The Morgan fingerprint density at radius 3 is 1.19 bits per heavy atom. The van der Waals surface area contributed by atoms with Gasteiger partial charge in [-0.25, -0.2) is 0 Å². The molecule has 0 rings (SSSR count). The minimum Gasteiger partial charge on any atom is -0.309 e. The Morgan fingerprint density at radius 1 is 0.481 bits per heavy atom. The first-order chi connectivity index (χ1) is 13.2. The first kappa shape index (κ1) is 27.1. The molecule has 0 heterocycles. The molecule has 0 N–H and O–H groups in total. The van der Waals surface area contributed by atoms with Crippen molar-refractivity contribution in [2.75, 3.05) is 19.4 Å². The van der Waals surface area contributed by atoms with Crippen LogP contribution in [0.2, 0.25) is 0 Å². The smallest absolute Gasteiger partial charge is 0.309 e. The van der Waals surface area contributed by atoms with Crippen LogP contribution in [0.3, 0.4) is 0 Å². The zero-order chi connectivity index (χ0) is 20.1. The van der Waals surface area contributed by atoms with E-state index in [-0.39, 0.29) is 0 Å². The van der Waals surface area contributed by atoms with Gasteiger partial charge in [0.2, 0.25) is 0 Å². The summed E-state index contributed by atoms with van der Waals surface area (Å²) >= 11 is 0. The first-order valence-electron chi connectivity index (χ1n) is 12.1. The fourth-order valence-electron chi connectivity index (χ4n) is 3.22. The molecule has 0 amide bonds. The van der Waals surface area contributed by atoms with Gasteiger partial charge in [-0.15, -0.1) is 0 Å². The third-order valence-corrected chi connectivity index (χ3v) is 7.12. The van der Waals surface area contributed by atoms with Gasteiger partial charge in [0.25, 0.3) is 0 Å². The van der Waals surface area contributed by atoms with E-state index in [1.54, 1.807) is 0 Å². The fraction of sp³-hybridized carbons (Fsp3) is 1.00. The van der Waals surface area contributed by atoms with Gasteiger partial charge in [0.1, 0.15) is 0 Å². The monoisotopic (exact) mass is 404 g/mol. The summed E-state index contributed by atoms with van der Waals surface area (Å²) in [5.41, 5.74) is 0. The van der Waals surface area contributed by atoms with Gasteiger partial charge in [-0.05, 0) is 19.3 Å². The highest BCUT2D eigenvalue weighted by Crippen LogP contribution is 2.49. The third-order valence-electron chi connectivity index (χ3n) is 5.11. The standard InChI is InChI=1S/C23H49O3P/c1-4-7-10-12-14-16-18-20-22-26-27(24,23-9-6-3)25-21-19-17-15-13-11-8-5-2/h4-23H2,1-3H3. The van der Waals surface area contributed by atoms with Crippen LogP contribution in [0.25, 0.3) is 0 Å². The molecule has 0 saturated heterocycles. The average Bonchev–Trinajstić information content (AvgIpc) is 2.67. The van der Waals surface area contributed by atoms with Gasteiger partial charge >= 0.3 is 7.60 Å². The van der Waals surface area contributed by atoms with Crippen molar-refractivity contribution in [1.82, 2.24) is 0 Å². The number of hydrogen-bond donors (Lipinski definition) is 0. The Balaban J connectivity index is 3.78. The number of hydrogen-bond acceptors (Lipinski definition) is 3. The summed E-state index contributed by atoms with van der Waals surface area (Å²) in [5.74, 6) is 0. The Kier molecular flexibility index (Phi) is 21.0. The Labute approximate surface area is 170 Å². The SMILES string of the molecule is CCCCCCCCCCOP(=O)(CCCC)OCCCCCCCCC. The number of unbranched alkanes of at least 4 members (excludes halogenated alkanes) is 14. The molecule has 0 aromatic rings. The molecule has 0 aliphatic heterocycles. The average molecular weight is 405 g/mol. The molecule has 0 aliphatic rings. The molecule has 0 saturated carbocycles. The molecular formula is C23H49O3P. The van der Waals surface area contributed by atoms with E-state index >= 15 is 0 Å². The molecule has 0 radical (unpaired) electrons. The maximum atomic E-state index is 12.9. The largest absolute Gasteiger partial charge is 0.330 e. The summed E-state index contributed by atoms with van der Waals surface area (Å²) in [6.45, 7) is 7.80. The van der Waals surface area contributed by atoms with Crippen LogP contribution in [-0.4, -0.2) is 19.4 Å². The molecule has 0 spiro atoms. The van der Waals surface area contributed by atoms with Gasteiger partial charge in [0.05, 0.1) is 19.4 Å². The molecule has 27 heavy (non-hydrogen) atoms. The van der Waals surface area contributed by atoms with Gasteiger partial charge in [-0.3, -0.25) is 4.57 Å². The van der Waals surface area contributed by atoms with E-state index in [2.05, 4.69) is 20.8 Å². The van der Waals surface area contributed by atoms with Crippen LogP contribution in [-0.2, 0) is 13.6 Å². The Bertz CT molecular complexity index is 334. The molecule has 0 aromatic carbocycles. The second-order valence-corrected chi connectivity index (χ2v) is 10.1. The second kappa shape index (κ2) is 20.9. The molecule has 0 aromatic heterocycles. The quantitative estimate of drug-likeness (QED) is 0.133. The third kappa shape index (κ3) is 19.2. The summed E-state index contributed by atoms with van der Waals surface area (Å²) in [4.78, 5) is 0. The second-order valence-electron chi connectivity index (χ2n) is 7.95.